The monoisotopic (exact) mass is 327 g/mol. The van der Waals surface area contributed by atoms with Crippen molar-refractivity contribution in [3.8, 4) is 5.75 Å². The van der Waals surface area contributed by atoms with E-state index in [0.29, 0.717) is 12.3 Å². The van der Waals surface area contributed by atoms with Gasteiger partial charge in [-0.15, -0.1) is 0 Å². The number of benzene rings is 2. The molecule has 2 rings (SSSR count). The normalized spacial score (nSPS) is 10.3. The maximum atomic E-state index is 11.4. The van der Waals surface area contributed by atoms with Crippen LogP contribution in [0.5, 0.6) is 5.75 Å². The molecule has 0 atom stereocenters. The number of hydrogen-bond donors (Lipinski definition) is 1. The molecule has 0 spiro atoms. The molecule has 0 fully saturated rings. The minimum absolute atomic E-state index is 0.387. The molecule has 4 heteroatoms. The topological polar surface area (TPSA) is 47.6 Å². The highest BCUT2D eigenvalue weighted by Gasteiger charge is 2.10. The molecule has 2 aromatic carbocycles. The van der Waals surface area contributed by atoms with E-state index in [2.05, 4.69) is 43.0 Å². The lowest BCUT2D eigenvalue weighted by atomic mass is 10.0. The van der Waals surface area contributed by atoms with Gasteiger partial charge >= 0.3 is 6.09 Å². The van der Waals surface area contributed by atoms with Crippen molar-refractivity contribution in [2.24, 2.45) is 0 Å². The second-order valence-corrected chi connectivity index (χ2v) is 5.66. The summed E-state index contributed by atoms with van der Waals surface area (Å²) in [6.07, 6.45) is 1.45. The fourth-order valence-electron chi connectivity index (χ4n) is 2.65. The lowest BCUT2D eigenvalue weighted by molar-refractivity contribution is 0.187. The summed E-state index contributed by atoms with van der Waals surface area (Å²) < 4.78 is 10.7. The SMILES string of the molecule is CCc1cc(CC)c(OCc2ccccc2NC(=O)OC)cc1C. The van der Waals surface area contributed by atoms with E-state index < -0.39 is 6.09 Å². The molecule has 1 amide bonds. The summed E-state index contributed by atoms with van der Waals surface area (Å²) in [6, 6.07) is 11.9. The van der Waals surface area contributed by atoms with Crippen LogP contribution in [0.1, 0.15) is 36.1 Å². The summed E-state index contributed by atoms with van der Waals surface area (Å²) in [6.45, 7) is 6.79. The summed E-state index contributed by atoms with van der Waals surface area (Å²) in [5.41, 5.74) is 5.40. The second-order valence-electron chi connectivity index (χ2n) is 5.66. The predicted octanol–water partition coefficient (Wildman–Crippen LogP) is 4.88. The molecule has 128 valence electrons. The Bertz CT molecular complexity index is 710. The molecular weight excluding hydrogens is 302 g/mol. The van der Waals surface area contributed by atoms with Gasteiger partial charge in [-0.05, 0) is 48.6 Å². The van der Waals surface area contributed by atoms with Crippen molar-refractivity contribution in [3.63, 3.8) is 0 Å². The predicted molar refractivity (Wildman–Crippen MR) is 96.7 cm³/mol. The van der Waals surface area contributed by atoms with Gasteiger partial charge in [0.1, 0.15) is 12.4 Å². The molecule has 0 saturated carbocycles. The number of anilines is 1. The van der Waals surface area contributed by atoms with Crippen molar-refractivity contribution in [2.75, 3.05) is 12.4 Å². The Hall–Kier alpha value is -2.49. The van der Waals surface area contributed by atoms with Crippen molar-refractivity contribution in [1.29, 1.82) is 0 Å². The lowest BCUT2D eigenvalue weighted by Crippen LogP contribution is -2.13. The molecule has 1 N–H and O–H groups in total. The first-order valence-electron chi connectivity index (χ1n) is 8.27. The van der Waals surface area contributed by atoms with Crippen molar-refractivity contribution in [1.82, 2.24) is 0 Å². The van der Waals surface area contributed by atoms with E-state index in [1.807, 2.05) is 24.3 Å². The van der Waals surface area contributed by atoms with E-state index in [0.717, 1.165) is 24.2 Å². The fourth-order valence-corrected chi connectivity index (χ4v) is 2.65. The minimum Gasteiger partial charge on any atom is -0.489 e. The van der Waals surface area contributed by atoms with Gasteiger partial charge in [0, 0.05) is 5.56 Å². The van der Waals surface area contributed by atoms with Crippen molar-refractivity contribution >= 4 is 11.8 Å². The molecule has 0 aliphatic rings. The molecule has 0 heterocycles. The molecule has 0 unspecified atom stereocenters. The van der Waals surface area contributed by atoms with Gasteiger partial charge in [-0.25, -0.2) is 4.79 Å². The molecule has 0 radical (unpaired) electrons. The Kier molecular flexibility index (Phi) is 6.24. The van der Waals surface area contributed by atoms with E-state index in [4.69, 9.17) is 4.74 Å². The van der Waals surface area contributed by atoms with Crippen molar-refractivity contribution in [2.45, 2.75) is 40.2 Å². The van der Waals surface area contributed by atoms with Crippen LogP contribution in [0.4, 0.5) is 10.5 Å². The quantitative estimate of drug-likeness (QED) is 0.823. The number of carbonyl (C=O) groups excluding carboxylic acids is 1. The van der Waals surface area contributed by atoms with Crippen LogP contribution >= 0.6 is 0 Å². The third kappa shape index (κ3) is 4.28. The second kappa shape index (κ2) is 8.39. The smallest absolute Gasteiger partial charge is 0.411 e. The number of aryl methyl sites for hydroxylation is 3. The maximum Gasteiger partial charge on any atom is 0.411 e. The standard InChI is InChI=1S/C20H25NO3/c1-5-15-12-16(6-2)19(11-14(15)3)24-13-17-9-7-8-10-18(17)21-20(22)23-4/h7-12H,5-6,13H2,1-4H3,(H,21,22). The average Bonchev–Trinajstić information content (AvgIpc) is 2.60. The summed E-state index contributed by atoms with van der Waals surface area (Å²) in [5, 5.41) is 2.71. The van der Waals surface area contributed by atoms with Crippen LogP contribution in [0.25, 0.3) is 0 Å². The van der Waals surface area contributed by atoms with Gasteiger partial charge < -0.3 is 9.47 Å². The molecule has 0 bridgehead atoms. The first-order chi connectivity index (χ1) is 11.6. The van der Waals surface area contributed by atoms with Crippen LogP contribution in [-0.4, -0.2) is 13.2 Å². The number of carbonyl (C=O) groups is 1. The van der Waals surface area contributed by atoms with Crippen LogP contribution in [-0.2, 0) is 24.2 Å². The third-order valence-electron chi connectivity index (χ3n) is 4.10. The number of nitrogens with one attached hydrogen (secondary N) is 1. The van der Waals surface area contributed by atoms with E-state index in [1.165, 1.54) is 23.8 Å². The van der Waals surface area contributed by atoms with Crippen LogP contribution in [0.3, 0.4) is 0 Å². The molecule has 0 aliphatic heterocycles. The zero-order valence-electron chi connectivity index (χ0n) is 14.8. The minimum atomic E-state index is -0.486. The number of para-hydroxylation sites is 1. The number of ether oxygens (including phenoxy) is 2. The third-order valence-corrected chi connectivity index (χ3v) is 4.10. The van der Waals surface area contributed by atoms with E-state index in [-0.39, 0.29) is 0 Å². The van der Waals surface area contributed by atoms with Crippen LogP contribution in [0.2, 0.25) is 0 Å². The van der Waals surface area contributed by atoms with Gasteiger partial charge in [0.15, 0.2) is 0 Å². The fraction of sp³-hybridized carbons (Fsp3) is 0.350. The molecule has 0 aliphatic carbocycles. The maximum absolute atomic E-state index is 11.4. The highest BCUT2D eigenvalue weighted by molar-refractivity contribution is 5.85. The average molecular weight is 327 g/mol. The van der Waals surface area contributed by atoms with E-state index in [1.54, 1.807) is 0 Å². The Morgan fingerprint density at radius 1 is 1.04 bits per heavy atom. The number of methoxy groups -OCH3 is 1. The lowest BCUT2D eigenvalue weighted by Gasteiger charge is -2.16. The Labute approximate surface area is 143 Å². The number of hydrogen-bond acceptors (Lipinski definition) is 3. The molecule has 2 aromatic rings. The summed E-state index contributed by atoms with van der Waals surface area (Å²) in [7, 11) is 1.35. The van der Waals surface area contributed by atoms with Gasteiger partial charge in [0.2, 0.25) is 0 Å². The first-order valence-corrected chi connectivity index (χ1v) is 8.27. The van der Waals surface area contributed by atoms with Gasteiger partial charge in [0.05, 0.1) is 12.8 Å². The van der Waals surface area contributed by atoms with Gasteiger partial charge in [-0.2, -0.15) is 0 Å². The summed E-state index contributed by atoms with van der Waals surface area (Å²) >= 11 is 0. The van der Waals surface area contributed by atoms with Gasteiger partial charge in [0.25, 0.3) is 0 Å². The number of rotatable bonds is 6. The molecule has 4 nitrogen and oxygen atoms in total. The zero-order chi connectivity index (χ0) is 17.5. The Morgan fingerprint density at radius 3 is 2.42 bits per heavy atom. The van der Waals surface area contributed by atoms with Crippen molar-refractivity contribution in [3.05, 3.63) is 58.7 Å². The molecule has 0 saturated heterocycles. The molecular formula is C20H25NO3. The summed E-state index contributed by atoms with van der Waals surface area (Å²) in [5.74, 6) is 0.903. The van der Waals surface area contributed by atoms with Crippen LogP contribution in [0, 0.1) is 6.92 Å². The first kappa shape index (κ1) is 17.9. The van der Waals surface area contributed by atoms with Crippen LogP contribution in [0.15, 0.2) is 36.4 Å². The largest absolute Gasteiger partial charge is 0.489 e. The Morgan fingerprint density at radius 2 is 1.75 bits per heavy atom. The molecule has 0 aromatic heterocycles. The van der Waals surface area contributed by atoms with E-state index >= 15 is 0 Å². The van der Waals surface area contributed by atoms with E-state index in [9.17, 15) is 4.79 Å². The summed E-state index contributed by atoms with van der Waals surface area (Å²) in [4.78, 5) is 11.4. The van der Waals surface area contributed by atoms with Gasteiger partial charge in [-0.1, -0.05) is 38.1 Å². The highest BCUT2D eigenvalue weighted by atomic mass is 16.5. The Balaban J connectivity index is 2.19. The molecule has 24 heavy (non-hydrogen) atoms. The highest BCUT2D eigenvalue weighted by Crippen LogP contribution is 2.26. The van der Waals surface area contributed by atoms with Gasteiger partial charge in [-0.3, -0.25) is 5.32 Å². The van der Waals surface area contributed by atoms with Crippen LogP contribution < -0.4 is 10.1 Å². The zero-order valence-corrected chi connectivity index (χ0v) is 14.8. The number of amides is 1. The van der Waals surface area contributed by atoms with Crippen molar-refractivity contribution < 1.29 is 14.3 Å².